The van der Waals surface area contributed by atoms with Gasteiger partial charge in [0.2, 0.25) is 0 Å². The van der Waals surface area contributed by atoms with Gasteiger partial charge in [-0.15, -0.1) is 0 Å². The Morgan fingerprint density at radius 2 is 2.31 bits per heavy atom. The van der Waals surface area contributed by atoms with Crippen molar-refractivity contribution in [2.24, 2.45) is 11.8 Å². The zero-order chi connectivity index (χ0) is 9.26. The Morgan fingerprint density at radius 3 is 2.92 bits per heavy atom. The van der Waals surface area contributed by atoms with Crippen LogP contribution in [0.1, 0.15) is 19.3 Å². The first-order valence-corrected chi connectivity index (χ1v) is 5.13. The number of fused-ring (bicyclic) bond motifs is 3. The van der Waals surface area contributed by atoms with Crippen molar-refractivity contribution in [1.82, 2.24) is 4.90 Å². The van der Waals surface area contributed by atoms with Crippen LogP contribution in [0.25, 0.3) is 0 Å². The average Bonchev–Trinajstić information content (AvgIpc) is 2.19. The van der Waals surface area contributed by atoms with Crippen LogP contribution in [0.2, 0.25) is 0 Å². The van der Waals surface area contributed by atoms with Crippen LogP contribution in [-0.4, -0.2) is 42.8 Å². The predicted octanol–water partition coefficient (Wildman–Crippen LogP) is 0.0864. The summed E-state index contributed by atoms with van der Waals surface area (Å²) in [5.41, 5.74) is 0. The molecule has 1 aliphatic carbocycles. The van der Waals surface area contributed by atoms with Crippen LogP contribution in [-0.2, 0) is 4.70 Å². The van der Waals surface area contributed by atoms with Crippen molar-refractivity contribution in [3.8, 4) is 0 Å². The van der Waals surface area contributed by atoms with Crippen molar-refractivity contribution in [3.63, 3.8) is 0 Å². The molecule has 4 heteroatoms. The zero-order valence-electron chi connectivity index (χ0n) is 7.85. The monoisotopic (exact) mass is 181 g/mol. The summed E-state index contributed by atoms with van der Waals surface area (Å²) in [6.07, 6.45) is 4.18. The van der Waals surface area contributed by atoms with E-state index in [0.29, 0.717) is 18.4 Å². The second-order valence-corrected chi connectivity index (χ2v) is 4.31. The summed E-state index contributed by atoms with van der Waals surface area (Å²) >= 11 is 0. The van der Waals surface area contributed by atoms with E-state index < -0.39 is 0 Å². The third kappa shape index (κ3) is 1.70. The Kier molecular flexibility index (Phi) is 2.79. The second-order valence-electron chi connectivity index (χ2n) is 4.31. The topological polar surface area (TPSA) is 40.5 Å². The maximum absolute atomic E-state index is 10.4. The molecule has 3 atom stereocenters. The van der Waals surface area contributed by atoms with Crippen LogP contribution in [0.4, 0.5) is 0 Å². The first-order chi connectivity index (χ1) is 6.35. The van der Waals surface area contributed by atoms with E-state index in [1.807, 2.05) is 0 Å². The molecule has 72 valence electrons. The molecule has 2 heterocycles. The van der Waals surface area contributed by atoms with Crippen molar-refractivity contribution < 1.29 is 9.81 Å². The molecule has 2 saturated heterocycles. The summed E-state index contributed by atoms with van der Waals surface area (Å²) in [5.74, 6) is 1.15. The molecule has 0 spiro atoms. The van der Waals surface area contributed by atoms with Gasteiger partial charge < -0.3 is 0 Å². The molecular weight excluding hydrogens is 165 g/mol. The molecule has 3 nitrogen and oxygen atoms in total. The number of hydrogen-bond donors (Lipinski definition) is 1. The fraction of sp³-hybridized carbons (Fsp3) is 1.00. The van der Waals surface area contributed by atoms with E-state index in [4.69, 9.17) is 0 Å². The molecule has 0 radical (unpaired) electrons. The summed E-state index contributed by atoms with van der Waals surface area (Å²) < 4.78 is 10.4. The van der Waals surface area contributed by atoms with Gasteiger partial charge in [0.15, 0.2) is 0 Å². The van der Waals surface area contributed by atoms with Gasteiger partial charge in [0.1, 0.15) is 0 Å². The summed E-state index contributed by atoms with van der Waals surface area (Å²) in [6.45, 7) is 1.36. The minimum atomic E-state index is 0.288. The summed E-state index contributed by atoms with van der Waals surface area (Å²) in [7, 11) is 0.981. The summed E-state index contributed by atoms with van der Waals surface area (Å²) in [4.78, 5) is 2.24. The summed E-state index contributed by atoms with van der Waals surface area (Å²) in [5, 5.41) is 9.18. The van der Waals surface area contributed by atoms with E-state index in [1.54, 1.807) is 0 Å². The molecule has 3 fully saturated rings. The second kappa shape index (κ2) is 3.88. The standard InChI is InChI=1S/C9H16BNO2/c12-5-8-3-7-1-2-9(8)11(4-7)6-10-13/h7-9,12H,1-6H2. The SMILES string of the molecule is O=BCN1CC2CCC1C(CO)C2. The number of rotatable bonds is 3. The minimum absolute atomic E-state index is 0.288. The number of hydrogen-bond acceptors (Lipinski definition) is 3. The molecule has 2 aliphatic heterocycles. The molecule has 0 aromatic rings. The van der Waals surface area contributed by atoms with Gasteiger partial charge in [-0.1, -0.05) is 0 Å². The molecule has 2 bridgehead atoms. The van der Waals surface area contributed by atoms with Gasteiger partial charge in [-0.05, 0) is 0 Å². The van der Waals surface area contributed by atoms with E-state index in [1.165, 1.54) is 12.8 Å². The number of aliphatic hydroxyl groups excluding tert-OH is 1. The molecule has 3 rings (SSSR count). The van der Waals surface area contributed by atoms with Gasteiger partial charge >= 0.3 is 78.6 Å². The molecule has 0 aromatic heterocycles. The van der Waals surface area contributed by atoms with Crippen molar-refractivity contribution in [3.05, 3.63) is 0 Å². The van der Waals surface area contributed by atoms with Crippen molar-refractivity contribution in [2.75, 3.05) is 19.6 Å². The molecular formula is C9H16BNO2. The van der Waals surface area contributed by atoms with Crippen LogP contribution >= 0.6 is 0 Å². The van der Waals surface area contributed by atoms with Gasteiger partial charge in [0.05, 0.1) is 0 Å². The molecule has 0 amide bonds. The quantitative estimate of drug-likeness (QED) is 0.627. The first-order valence-electron chi connectivity index (χ1n) is 5.13. The Labute approximate surface area is 79.4 Å². The van der Waals surface area contributed by atoms with Crippen LogP contribution in [0, 0.1) is 11.8 Å². The maximum atomic E-state index is 10.4. The van der Waals surface area contributed by atoms with E-state index in [-0.39, 0.29) is 6.61 Å². The Bertz CT molecular complexity index is 200. The normalized spacial score (nSPS) is 39.0. The van der Waals surface area contributed by atoms with Gasteiger partial charge in [-0.2, -0.15) is 0 Å². The Balaban J connectivity index is 2.03. The fourth-order valence-corrected chi connectivity index (χ4v) is 2.96. The number of piperidine rings is 2. The van der Waals surface area contributed by atoms with Gasteiger partial charge in [0, 0.05) is 0 Å². The van der Waals surface area contributed by atoms with Gasteiger partial charge in [-0.25, -0.2) is 0 Å². The number of aliphatic hydroxyl groups is 1. The molecule has 1 saturated carbocycles. The third-order valence-corrected chi connectivity index (χ3v) is 3.56. The average molecular weight is 181 g/mol. The van der Waals surface area contributed by atoms with E-state index in [9.17, 15) is 9.81 Å². The van der Waals surface area contributed by atoms with E-state index >= 15 is 0 Å². The van der Waals surface area contributed by atoms with Crippen LogP contribution in [0.15, 0.2) is 0 Å². The van der Waals surface area contributed by atoms with Crippen molar-refractivity contribution >= 4 is 7.15 Å². The van der Waals surface area contributed by atoms with Crippen LogP contribution in [0.5, 0.6) is 0 Å². The molecule has 13 heavy (non-hydrogen) atoms. The molecule has 3 aliphatic rings. The summed E-state index contributed by atoms with van der Waals surface area (Å²) in [6, 6.07) is 0.472. The van der Waals surface area contributed by atoms with Gasteiger partial charge in [0.25, 0.3) is 0 Å². The van der Waals surface area contributed by atoms with E-state index in [2.05, 4.69) is 4.90 Å². The molecule has 3 unspecified atom stereocenters. The first kappa shape index (κ1) is 9.34. The van der Waals surface area contributed by atoms with Crippen LogP contribution in [0.3, 0.4) is 0 Å². The Hall–Kier alpha value is -0.215. The molecule has 1 N–H and O–H groups in total. The predicted molar refractivity (Wildman–Crippen MR) is 49.7 cm³/mol. The Morgan fingerprint density at radius 1 is 1.46 bits per heavy atom. The fourth-order valence-electron chi connectivity index (χ4n) is 2.96. The number of nitrogens with zero attached hydrogens (tertiary/aromatic N) is 1. The van der Waals surface area contributed by atoms with E-state index in [0.717, 1.165) is 26.0 Å². The van der Waals surface area contributed by atoms with Crippen molar-refractivity contribution in [1.29, 1.82) is 0 Å². The van der Waals surface area contributed by atoms with Crippen molar-refractivity contribution in [2.45, 2.75) is 25.3 Å². The van der Waals surface area contributed by atoms with Gasteiger partial charge in [-0.3, -0.25) is 0 Å². The molecule has 0 aromatic carbocycles. The zero-order valence-corrected chi connectivity index (χ0v) is 7.85. The third-order valence-electron chi connectivity index (χ3n) is 3.56. The van der Waals surface area contributed by atoms with Crippen LogP contribution < -0.4 is 0 Å².